The predicted molar refractivity (Wildman–Crippen MR) is 166 cm³/mol. The minimum Gasteiger partial charge on any atom is -0.481 e. The van der Waals surface area contributed by atoms with Gasteiger partial charge in [0.2, 0.25) is 0 Å². The summed E-state index contributed by atoms with van der Waals surface area (Å²) in [7, 11) is 0. The van der Waals surface area contributed by atoms with Crippen molar-refractivity contribution in [1.82, 2.24) is 0 Å². The summed E-state index contributed by atoms with van der Waals surface area (Å²) < 4.78 is 0. The Balaban J connectivity index is 1.24. The lowest BCUT2D eigenvalue weighted by Crippen LogP contribution is -2.50. The van der Waals surface area contributed by atoms with Crippen molar-refractivity contribution in [2.75, 3.05) is 0 Å². The molecular formula is C37H64O2. The van der Waals surface area contributed by atoms with Gasteiger partial charge in [-0.3, -0.25) is 4.79 Å². The molecule has 1 N–H and O–H groups in total. The first-order valence-electron chi connectivity index (χ1n) is 17.6. The van der Waals surface area contributed by atoms with Crippen LogP contribution in [0.1, 0.15) is 163 Å². The lowest BCUT2D eigenvalue weighted by atomic mass is 9.46. The minimum atomic E-state index is -0.645. The molecule has 0 aliphatic heterocycles. The highest BCUT2D eigenvalue weighted by Crippen LogP contribution is 2.67. The molecule has 2 heteroatoms. The second kappa shape index (κ2) is 13.9. The summed E-state index contributed by atoms with van der Waals surface area (Å²) >= 11 is 0. The molecule has 3 fully saturated rings. The maximum absolute atomic E-state index is 10.6. The van der Waals surface area contributed by atoms with Gasteiger partial charge in [-0.05, 0) is 110 Å². The van der Waals surface area contributed by atoms with Gasteiger partial charge in [0.15, 0.2) is 0 Å². The minimum absolute atomic E-state index is 0.344. The number of fused-ring (bicyclic) bond motifs is 5. The molecule has 0 aromatic heterocycles. The predicted octanol–water partition coefficient (Wildman–Crippen LogP) is 11.2. The Morgan fingerprint density at radius 1 is 0.872 bits per heavy atom. The molecule has 3 saturated carbocycles. The summed E-state index contributed by atoms with van der Waals surface area (Å²) in [6.07, 6.45) is 29.1. The fourth-order valence-electron chi connectivity index (χ4n) is 10.6. The van der Waals surface area contributed by atoms with E-state index in [4.69, 9.17) is 5.11 Å². The fourth-order valence-corrected chi connectivity index (χ4v) is 10.6. The molecule has 0 saturated heterocycles. The van der Waals surface area contributed by atoms with E-state index in [9.17, 15) is 4.79 Å². The summed E-state index contributed by atoms with van der Waals surface area (Å²) in [6.45, 7) is 12.8. The van der Waals surface area contributed by atoms with Crippen LogP contribution in [0.25, 0.3) is 0 Å². The van der Waals surface area contributed by atoms with Crippen molar-refractivity contribution in [2.45, 2.75) is 163 Å². The van der Waals surface area contributed by atoms with Crippen LogP contribution in [0.4, 0.5) is 0 Å². The summed E-state index contributed by atoms with van der Waals surface area (Å²) in [4.78, 5) is 10.6. The Kier molecular flexibility index (Phi) is 11.1. The monoisotopic (exact) mass is 540 g/mol. The number of hydrogen-bond donors (Lipinski definition) is 1. The smallest absolute Gasteiger partial charge is 0.303 e. The quantitative estimate of drug-likeness (QED) is 0.166. The Morgan fingerprint density at radius 3 is 2.31 bits per heavy atom. The summed E-state index contributed by atoms with van der Waals surface area (Å²) in [5, 5.41) is 8.76. The third-order valence-electron chi connectivity index (χ3n) is 12.9. The van der Waals surface area contributed by atoms with Crippen molar-refractivity contribution < 1.29 is 9.90 Å². The molecule has 0 radical (unpaired) electrons. The van der Waals surface area contributed by atoms with Crippen molar-refractivity contribution in [2.24, 2.45) is 52.3 Å². The summed E-state index contributed by atoms with van der Waals surface area (Å²) in [5.41, 5.74) is 2.98. The zero-order chi connectivity index (χ0) is 28.0. The number of unbranched alkanes of at least 4 members (excludes halogenated alkanes) is 6. The van der Waals surface area contributed by atoms with Crippen LogP contribution in [0.15, 0.2) is 11.6 Å². The van der Waals surface area contributed by atoms with E-state index in [1.807, 2.05) is 5.57 Å². The van der Waals surface area contributed by atoms with Crippen LogP contribution in [0.5, 0.6) is 0 Å². The average Bonchev–Trinajstić information content (AvgIpc) is 3.24. The Bertz CT molecular complexity index is 812. The second-order valence-electron chi connectivity index (χ2n) is 15.8. The van der Waals surface area contributed by atoms with E-state index in [0.29, 0.717) is 17.3 Å². The Morgan fingerprint density at radius 2 is 1.59 bits per heavy atom. The largest absolute Gasteiger partial charge is 0.481 e. The number of carboxylic acid groups (broad SMARTS) is 1. The van der Waals surface area contributed by atoms with Crippen molar-refractivity contribution in [3.05, 3.63) is 11.6 Å². The van der Waals surface area contributed by atoms with E-state index in [-0.39, 0.29) is 0 Å². The molecule has 39 heavy (non-hydrogen) atoms. The Labute approximate surface area is 242 Å². The van der Waals surface area contributed by atoms with Crippen molar-refractivity contribution in [1.29, 1.82) is 0 Å². The van der Waals surface area contributed by atoms with Crippen molar-refractivity contribution in [3.8, 4) is 0 Å². The molecular weight excluding hydrogens is 476 g/mol. The number of carboxylic acids is 1. The van der Waals surface area contributed by atoms with Gasteiger partial charge < -0.3 is 5.11 Å². The molecule has 4 aliphatic rings. The van der Waals surface area contributed by atoms with Crippen LogP contribution in [-0.2, 0) is 4.79 Å². The second-order valence-corrected chi connectivity index (χ2v) is 15.8. The molecule has 0 aromatic rings. The highest BCUT2D eigenvalue weighted by Gasteiger charge is 2.59. The van der Waals surface area contributed by atoms with Crippen LogP contribution in [-0.4, -0.2) is 11.1 Å². The number of aliphatic carboxylic acids is 1. The number of allylic oxidation sites excluding steroid dienone is 2. The lowest BCUT2D eigenvalue weighted by Gasteiger charge is -2.58. The number of hydrogen-bond acceptors (Lipinski definition) is 1. The molecule has 0 spiro atoms. The molecule has 0 amide bonds. The molecule has 2 nitrogen and oxygen atoms in total. The standard InChI is InChI=1S/C37H64O2/c1-27(2)14-13-15-28(3)32-20-21-33-31-19-18-30-26-29(16-11-9-7-6-8-10-12-17-35(38)39)22-24-36(30,4)34(31)23-25-37(32,33)5/h18,27-29,31-34H,6-17,19-26H2,1-5H3,(H,38,39)/t28-,29?,31?,32-,33?,34?,36+,37-/m1/s1. The molecule has 224 valence electrons. The highest BCUT2D eigenvalue weighted by molar-refractivity contribution is 5.66. The van der Waals surface area contributed by atoms with E-state index >= 15 is 0 Å². The lowest BCUT2D eigenvalue weighted by molar-refractivity contribution is -0.137. The molecule has 0 heterocycles. The summed E-state index contributed by atoms with van der Waals surface area (Å²) in [6, 6.07) is 0. The van der Waals surface area contributed by atoms with E-state index in [1.54, 1.807) is 0 Å². The zero-order valence-electron chi connectivity index (χ0n) is 26.6. The van der Waals surface area contributed by atoms with Gasteiger partial charge in [-0.15, -0.1) is 0 Å². The van der Waals surface area contributed by atoms with Gasteiger partial charge >= 0.3 is 5.97 Å². The van der Waals surface area contributed by atoms with E-state index < -0.39 is 5.97 Å². The topological polar surface area (TPSA) is 37.3 Å². The van der Waals surface area contributed by atoms with Gasteiger partial charge in [0, 0.05) is 6.42 Å². The van der Waals surface area contributed by atoms with Gasteiger partial charge in [0.05, 0.1) is 0 Å². The molecule has 4 rings (SSSR count). The molecule has 4 unspecified atom stereocenters. The first-order valence-corrected chi connectivity index (χ1v) is 17.6. The van der Waals surface area contributed by atoms with Crippen molar-refractivity contribution >= 4 is 5.97 Å². The van der Waals surface area contributed by atoms with Crippen LogP contribution in [0.3, 0.4) is 0 Å². The normalized spacial score (nSPS) is 36.7. The molecule has 0 bridgehead atoms. The average molecular weight is 541 g/mol. The molecule has 0 aromatic carbocycles. The van der Waals surface area contributed by atoms with E-state index in [2.05, 4.69) is 40.7 Å². The van der Waals surface area contributed by atoms with Gasteiger partial charge in [0.1, 0.15) is 0 Å². The summed E-state index contributed by atoms with van der Waals surface area (Å²) in [5.74, 6) is 5.89. The molecule has 8 atom stereocenters. The number of carbonyl (C=O) groups is 1. The van der Waals surface area contributed by atoms with E-state index in [1.165, 1.54) is 109 Å². The van der Waals surface area contributed by atoms with Crippen LogP contribution < -0.4 is 0 Å². The number of rotatable bonds is 15. The molecule has 4 aliphatic carbocycles. The van der Waals surface area contributed by atoms with Crippen LogP contribution >= 0.6 is 0 Å². The third kappa shape index (κ3) is 7.35. The SMILES string of the molecule is CC(C)CCC[C@@H](C)[C@H]1CCC2C3CC=C4CC(CCCCCCCCCC(=O)O)CC[C@]4(C)C3CC[C@@]21C. The van der Waals surface area contributed by atoms with Gasteiger partial charge in [-0.2, -0.15) is 0 Å². The van der Waals surface area contributed by atoms with Crippen LogP contribution in [0.2, 0.25) is 0 Å². The maximum atomic E-state index is 10.6. The maximum Gasteiger partial charge on any atom is 0.303 e. The highest BCUT2D eigenvalue weighted by atomic mass is 16.4. The van der Waals surface area contributed by atoms with E-state index in [0.717, 1.165) is 54.3 Å². The first kappa shape index (κ1) is 31.2. The fraction of sp³-hybridized carbons (Fsp3) is 0.919. The van der Waals surface area contributed by atoms with Gasteiger partial charge in [-0.1, -0.05) is 110 Å². The third-order valence-corrected chi connectivity index (χ3v) is 12.9. The Hall–Kier alpha value is -0.790. The van der Waals surface area contributed by atoms with Gasteiger partial charge in [-0.25, -0.2) is 0 Å². The van der Waals surface area contributed by atoms with Crippen LogP contribution in [0, 0.1) is 52.3 Å². The zero-order valence-corrected chi connectivity index (χ0v) is 26.6. The van der Waals surface area contributed by atoms with Gasteiger partial charge in [0.25, 0.3) is 0 Å². The first-order chi connectivity index (χ1) is 18.6. The van der Waals surface area contributed by atoms with Crippen molar-refractivity contribution in [3.63, 3.8) is 0 Å².